The van der Waals surface area contributed by atoms with Crippen molar-refractivity contribution in [3.05, 3.63) is 77.9 Å². The highest BCUT2D eigenvalue weighted by atomic mass is 19.1. The number of nitrogens with one attached hydrogen (secondary N) is 1. The molecule has 8 heteroatoms. The molecule has 3 aromatic rings. The molecule has 0 aliphatic carbocycles. The number of urea groups is 1. The van der Waals surface area contributed by atoms with Crippen LogP contribution in [0.5, 0.6) is 0 Å². The number of ether oxygens (including phenoxy) is 1. The Morgan fingerprint density at radius 1 is 1.06 bits per heavy atom. The normalized spacial score (nSPS) is 16.7. The molecule has 156 valence electrons. The number of amides is 2. The summed E-state index contributed by atoms with van der Waals surface area (Å²) >= 11 is 0. The zero-order valence-electron chi connectivity index (χ0n) is 16.5. The number of esters is 1. The van der Waals surface area contributed by atoms with Gasteiger partial charge >= 0.3 is 12.0 Å². The molecule has 3 heterocycles. The van der Waals surface area contributed by atoms with Crippen molar-refractivity contribution in [3.63, 3.8) is 0 Å². The predicted molar refractivity (Wildman–Crippen MR) is 111 cm³/mol. The Balaban J connectivity index is 1.24. The zero-order chi connectivity index (χ0) is 21.4. The summed E-state index contributed by atoms with van der Waals surface area (Å²) in [6, 6.07) is 13.5. The number of anilines is 1. The quantitative estimate of drug-likeness (QED) is 0.637. The molecule has 7 nitrogen and oxygen atoms in total. The van der Waals surface area contributed by atoms with Crippen LogP contribution in [0, 0.1) is 5.82 Å². The summed E-state index contributed by atoms with van der Waals surface area (Å²) in [7, 11) is 0. The van der Waals surface area contributed by atoms with Crippen LogP contribution in [0.3, 0.4) is 0 Å². The van der Waals surface area contributed by atoms with E-state index in [1.807, 2.05) is 30.3 Å². The molecule has 1 saturated heterocycles. The summed E-state index contributed by atoms with van der Waals surface area (Å²) in [5.41, 5.74) is 1.83. The number of hydrogen-bond acceptors (Lipinski definition) is 5. The van der Waals surface area contributed by atoms with E-state index in [4.69, 9.17) is 4.74 Å². The Morgan fingerprint density at radius 3 is 2.55 bits per heavy atom. The van der Waals surface area contributed by atoms with Crippen molar-refractivity contribution in [1.29, 1.82) is 0 Å². The van der Waals surface area contributed by atoms with E-state index in [1.54, 1.807) is 17.2 Å². The molecule has 0 saturated carbocycles. The molecule has 31 heavy (non-hydrogen) atoms. The zero-order valence-corrected chi connectivity index (χ0v) is 16.5. The summed E-state index contributed by atoms with van der Waals surface area (Å²) < 4.78 is 19.1. The van der Waals surface area contributed by atoms with Crippen molar-refractivity contribution in [2.45, 2.75) is 18.4 Å². The fourth-order valence-corrected chi connectivity index (χ4v) is 4.15. The van der Waals surface area contributed by atoms with Crippen molar-refractivity contribution < 1.29 is 18.7 Å². The van der Waals surface area contributed by atoms with Crippen LogP contribution >= 0.6 is 0 Å². The van der Waals surface area contributed by atoms with E-state index >= 15 is 0 Å². The first-order chi connectivity index (χ1) is 15.0. The van der Waals surface area contributed by atoms with Crippen LogP contribution < -0.4 is 5.32 Å². The lowest BCUT2D eigenvalue weighted by Gasteiger charge is -2.38. The minimum absolute atomic E-state index is 0.270. The number of rotatable bonds is 2. The third-order valence-corrected chi connectivity index (χ3v) is 5.80. The summed E-state index contributed by atoms with van der Waals surface area (Å²) in [4.78, 5) is 35.1. The van der Waals surface area contributed by atoms with Crippen molar-refractivity contribution in [2.24, 2.45) is 0 Å². The number of carbonyl (C=O) groups excluding carboxylic acids is 2. The monoisotopic (exact) mass is 418 g/mol. The van der Waals surface area contributed by atoms with Gasteiger partial charge in [0.1, 0.15) is 11.4 Å². The van der Waals surface area contributed by atoms with Crippen LogP contribution in [0.1, 0.15) is 28.8 Å². The third-order valence-electron chi connectivity index (χ3n) is 5.80. The molecule has 2 amide bonds. The maximum Gasteiger partial charge on any atom is 0.339 e. The minimum Gasteiger partial charge on any atom is -0.450 e. The molecular weight excluding hydrogens is 399 g/mol. The maximum atomic E-state index is 13.5. The minimum atomic E-state index is -0.798. The van der Waals surface area contributed by atoms with E-state index in [1.165, 1.54) is 18.3 Å². The van der Waals surface area contributed by atoms with Gasteiger partial charge in [0.05, 0.1) is 23.7 Å². The molecule has 0 atom stereocenters. The molecule has 1 N–H and O–H groups in total. The molecule has 2 aromatic carbocycles. The van der Waals surface area contributed by atoms with Crippen molar-refractivity contribution >= 4 is 17.8 Å². The first kappa shape index (κ1) is 19.2. The molecule has 1 fully saturated rings. The number of likely N-dealkylation sites (tertiary alicyclic amines) is 1. The lowest BCUT2D eigenvalue weighted by molar-refractivity contribution is -0.0363. The highest BCUT2D eigenvalue weighted by molar-refractivity contribution is 5.95. The number of piperidine rings is 1. The Labute approximate surface area is 177 Å². The van der Waals surface area contributed by atoms with Gasteiger partial charge in [0.15, 0.2) is 5.82 Å². The topological polar surface area (TPSA) is 84.4 Å². The van der Waals surface area contributed by atoms with Crippen LogP contribution in [0.25, 0.3) is 11.3 Å². The van der Waals surface area contributed by atoms with E-state index in [9.17, 15) is 14.0 Å². The number of nitrogens with zero attached hydrogens (tertiary/aromatic N) is 3. The standard InChI is InChI=1S/C23H19FN4O3/c24-16-6-7-18-17(12-16)21(29)31-23(18)8-10-28(11-9-23)22(30)27-20-14-25-19(13-26-20)15-4-2-1-3-5-15/h1-7,12-14H,8-11H2,(H,26,27,30). The molecule has 0 radical (unpaired) electrons. The largest absolute Gasteiger partial charge is 0.450 e. The van der Waals surface area contributed by atoms with Gasteiger partial charge in [0.2, 0.25) is 0 Å². The van der Waals surface area contributed by atoms with Gasteiger partial charge in [-0.3, -0.25) is 10.3 Å². The molecule has 2 aliphatic rings. The molecule has 0 unspecified atom stereocenters. The van der Waals surface area contributed by atoms with Gasteiger partial charge in [0, 0.05) is 37.1 Å². The summed E-state index contributed by atoms with van der Waals surface area (Å²) in [6.07, 6.45) is 4.03. The number of aromatic nitrogens is 2. The maximum absolute atomic E-state index is 13.5. The fourth-order valence-electron chi connectivity index (χ4n) is 4.15. The van der Waals surface area contributed by atoms with Gasteiger partial charge in [-0.15, -0.1) is 0 Å². The van der Waals surface area contributed by atoms with E-state index in [0.717, 1.165) is 11.3 Å². The summed E-state index contributed by atoms with van der Waals surface area (Å²) in [5, 5.41) is 2.76. The van der Waals surface area contributed by atoms with Gasteiger partial charge in [-0.2, -0.15) is 0 Å². The molecule has 1 aromatic heterocycles. The van der Waals surface area contributed by atoms with Crippen LogP contribution in [0.2, 0.25) is 0 Å². The first-order valence-corrected chi connectivity index (χ1v) is 10.0. The van der Waals surface area contributed by atoms with E-state index in [0.29, 0.717) is 37.3 Å². The number of halogens is 1. The Bertz CT molecular complexity index is 1140. The summed E-state index contributed by atoms with van der Waals surface area (Å²) in [5.74, 6) is -0.622. The fraction of sp³-hybridized carbons (Fsp3) is 0.217. The number of hydrogen-bond donors (Lipinski definition) is 1. The lowest BCUT2D eigenvalue weighted by atomic mass is 9.84. The highest BCUT2D eigenvalue weighted by Gasteiger charge is 2.48. The van der Waals surface area contributed by atoms with E-state index in [2.05, 4.69) is 15.3 Å². The molecule has 1 spiro atoms. The summed E-state index contributed by atoms with van der Waals surface area (Å²) in [6.45, 7) is 0.789. The number of carbonyl (C=O) groups is 2. The van der Waals surface area contributed by atoms with Crippen LogP contribution in [-0.2, 0) is 10.3 Å². The van der Waals surface area contributed by atoms with Gasteiger partial charge in [0.25, 0.3) is 0 Å². The third kappa shape index (κ3) is 3.50. The van der Waals surface area contributed by atoms with Crippen LogP contribution in [0.4, 0.5) is 15.0 Å². The molecule has 5 rings (SSSR count). The van der Waals surface area contributed by atoms with Crippen molar-refractivity contribution in [2.75, 3.05) is 18.4 Å². The van der Waals surface area contributed by atoms with E-state index in [-0.39, 0.29) is 11.6 Å². The second kappa shape index (κ2) is 7.46. The predicted octanol–water partition coefficient (Wildman–Crippen LogP) is 3.98. The lowest BCUT2D eigenvalue weighted by Crippen LogP contribution is -2.46. The van der Waals surface area contributed by atoms with Crippen molar-refractivity contribution in [3.8, 4) is 11.3 Å². The Hall–Kier alpha value is -3.81. The van der Waals surface area contributed by atoms with Gasteiger partial charge < -0.3 is 9.64 Å². The Morgan fingerprint density at radius 2 is 1.84 bits per heavy atom. The number of benzene rings is 2. The smallest absolute Gasteiger partial charge is 0.339 e. The molecule has 0 bridgehead atoms. The average molecular weight is 418 g/mol. The van der Waals surface area contributed by atoms with Gasteiger partial charge in [-0.05, 0) is 12.1 Å². The highest BCUT2D eigenvalue weighted by Crippen LogP contribution is 2.44. The van der Waals surface area contributed by atoms with Crippen LogP contribution in [0.15, 0.2) is 60.9 Å². The van der Waals surface area contributed by atoms with Crippen LogP contribution in [-0.4, -0.2) is 40.0 Å². The molecule has 2 aliphatic heterocycles. The van der Waals surface area contributed by atoms with Crippen molar-refractivity contribution in [1.82, 2.24) is 14.9 Å². The van der Waals surface area contributed by atoms with E-state index < -0.39 is 17.4 Å². The Kier molecular flexibility index (Phi) is 4.62. The number of fused-ring (bicyclic) bond motifs is 2. The molecular formula is C23H19FN4O3. The SMILES string of the molecule is O=C1OC2(CCN(C(=O)Nc3cnc(-c4ccccc4)cn3)CC2)c2ccc(F)cc21. The first-order valence-electron chi connectivity index (χ1n) is 10.0. The second-order valence-electron chi connectivity index (χ2n) is 7.64. The van der Waals surface area contributed by atoms with Gasteiger partial charge in [-0.25, -0.2) is 19.0 Å². The average Bonchev–Trinajstić information content (AvgIpc) is 3.05. The second-order valence-corrected chi connectivity index (χ2v) is 7.64. The van der Waals surface area contributed by atoms with Gasteiger partial charge in [-0.1, -0.05) is 36.4 Å².